The SMILES string of the molecule is CCC(C)(CC)c1cccc(COc2ccc(C=O)cc2O)c1. The minimum Gasteiger partial charge on any atom is -0.504 e. The Labute approximate surface area is 137 Å². The smallest absolute Gasteiger partial charge is 0.161 e. The number of rotatable bonds is 7. The van der Waals surface area contributed by atoms with Crippen LogP contribution in [0.2, 0.25) is 0 Å². The van der Waals surface area contributed by atoms with Crippen LogP contribution in [0.3, 0.4) is 0 Å². The van der Waals surface area contributed by atoms with E-state index in [9.17, 15) is 9.90 Å². The maximum atomic E-state index is 10.7. The van der Waals surface area contributed by atoms with Gasteiger partial charge in [0.05, 0.1) is 0 Å². The molecule has 1 N–H and O–H groups in total. The summed E-state index contributed by atoms with van der Waals surface area (Å²) in [4.78, 5) is 10.7. The first-order valence-electron chi connectivity index (χ1n) is 8.03. The van der Waals surface area contributed by atoms with Crippen molar-refractivity contribution in [2.45, 2.75) is 45.6 Å². The Morgan fingerprint density at radius 3 is 2.48 bits per heavy atom. The molecule has 3 nitrogen and oxygen atoms in total. The normalized spacial score (nSPS) is 11.3. The number of carbonyl (C=O) groups excluding carboxylic acids is 1. The average molecular weight is 312 g/mol. The Balaban J connectivity index is 2.14. The molecule has 0 spiro atoms. The molecule has 2 aromatic carbocycles. The second-order valence-electron chi connectivity index (χ2n) is 6.10. The van der Waals surface area contributed by atoms with E-state index in [1.54, 1.807) is 12.1 Å². The van der Waals surface area contributed by atoms with Crippen LogP contribution >= 0.6 is 0 Å². The van der Waals surface area contributed by atoms with Gasteiger partial charge in [-0.2, -0.15) is 0 Å². The van der Waals surface area contributed by atoms with Gasteiger partial charge >= 0.3 is 0 Å². The summed E-state index contributed by atoms with van der Waals surface area (Å²) < 4.78 is 5.69. The maximum absolute atomic E-state index is 10.7. The lowest BCUT2D eigenvalue weighted by Crippen LogP contribution is -2.19. The van der Waals surface area contributed by atoms with E-state index in [4.69, 9.17) is 4.74 Å². The first-order valence-corrected chi connectivity index (χ1v) is 8.03. The minimum atomic E-state index is -0.0160. The van der Waals surface area contributed by atoms with Crippen LogP contribution in [-0.2, 0) is 12.0 Å². The van der Waals surface area contributed by atoms with E-state index in [-0.39, 0.29) is 11.2 Å². The van der Waals surface area contributed by atoms with E-state index in [0.717, 1.165) is 18.4 Å². The lowest BCUT2D eigenvalue weighted by atomic mass is 9.77. The van der Waals surface area contributed by atoms with Crippen molar-refractivity contribution in [3.63, 3.8) is 0 Å². The molecule has 122 valence electrons. The Kier molecular flexibility index (Phi) is 5.43. The first kappa shape index (κ1) is 17.1. The van der Waals surface area contributed by atoms with Gasteiger partial charge in [0, 0.05) is 5.56 Å². The molecule has 0 radical (unpaired) electrons. The van der Waals surface area contributed by atoms with E-state index in [1.807, 2.05) is 12.1 Å². The Morgan fingerprint density at radius 2 is 1.87 bits per heavy atom. The molecular weight excluding hydrogens is 288 g/mol. The average Bonchev–Trinajstić information content (AvgIpc) is 2.60. The largest absolute Gasteiger partial charge is 0.504 e. The van der Waals surface area contributed by atoms with Gasteiger partial charge in [0.2, 0.25) is 0 Å². The summed E-state index contributed by atoms with van der Waals surface area (Å²) in [5.74, 6) is 0.368. The molecule has 0 amide bonds. The zero-order chi connectivity index (χ0) is 16.9. The number of benzene rings is 2. The molecule has 3 heteroatoms. The predicted molar refractivity (Wildman–Crippen MR) is 92.2 cm³/mol. The van der Waals surface area contributed by atoms with Crippen LogP contribution in [0.5, 0.6) is 11.5 Å². The van der Waals surface area contributed by atoms with Gasteiger partial charge in [-0.3, -0.25) is 4.79 Å². The third kappa shape index (κ3) is 3.92. The van der Waals surface area contributed by atoms with Gasteiger partial charge in [0.1, 0.15) is 12.9 Å². The summed E-state index contributed by atoms with van der Waals surface area (Å²) in [5.41, 5.74) is 2.97. The van der Waals surface area contributed by atoms with E-state index in [1.165, 1.54) is 11.6 Å². The number of hydrogen-bond donors (Lipinski definition) is 1. The third-order valence-corrected chi connectivity index (χ3v) is 4.70. The summed E-state index contributed by atoms with van der Waals surface area (Å²) in [5, 5.41) is 9.88. The highest BCUT2D eigenvalue weighted by molar-refractivity contribution is 5.76. The summed E-state index contributed by atoms with van der Waals surface area (Å²) in [6.45, 7) is 7.07. The Bertz CT molecular complexity index is 672. The van der Waals surface area contributed by atoms with Gasteiger partial charge in [-0.05, 0) is 47.6 Å². The zero-order valence-corrected chi connectivity index (χ0v) is 14.0. The van der Waals surface area contributed by atoms with Crippen LogP contribution in [0.25, 0.3) is 0 Å². The first-order chi connectivity index (χ1) is 11.0. The second kappa shape index (κ2) is 7.32. The van der Waals surface area contributed by atoms with E-state index >= 15 is 0 Å². The fourth-order valence-corrected chi connectivity index (χ4v) is 2.59. The molecule has 0 aliphatic heterocycles. The molecule has 0 bridgehead atoms. The Morgan fingerprint density at radius 1 is 1.13 bits per heavy atom. The van der Waals surface area contributed by atoms with Crippen LogP contribution in [0.15, 0.2) is 42.5 Å². The van der Waals surface area contributed by atoms with Crippen LogP contribution in [-0.4, -0.2) is 11.4 Å². The molecular formula is C20H24O3. The maximum Gasteiger partial charge on any atom is 0.161 e. The lowest BCUT2D eigenvalue weighted by molar-refractivity contribution is 0.112. The fraction of sp³-hybridized carbons (Fsp3) is 0.350. The molecule has 0 saturated heterocycles. The molecule has 2 aromatic rings. The second-order valence-corrected chi connectivity index (χ2v) is 6.10. The summed E-state index contributed by atoms with van der Waals surface area (Å²) in [7, 11) is 0. The van der Waals surface area contributed by atoms with Crippen molar-refractivity contribution in [3.8, 4) is 11.5 Å². The topological polar surface area (TPSA) is 46.5 Å². The van der Waals surface area contributed by atoms with E-state index < -0.39 is 0 Å². The van der Waals surface area contributed by atoms with Crippen LogP contribution < -0.4 is 4.74 Å². The molecule has 2 rings (SSSR count). The van der Waals surface area contributed by atoms with E-state index in [0.29, 0.717) is 24.2 Å². The monoisotopic (exact) mass is 312 g/mol. The van der Waals surface area contributed by atoms with Crippen molar-refractivity contribution in [1.29, 1.82) is 0 Å². The van der Waals surface area contributed by atoms with Crippen LogP contribution in [0, 0.1) is 0 Å². The summed E-state index contributed by atoms with van der Waals surface area (Å²) in [6.07, 6.45) is 2.87. The quantitative estimate of drug-likeness (QED) is 0.743. The van der Waals surface area contributed by atoms with Crippen molar-refractivity contribution in [2.24, 2.45) is 0 Å². The van der Waals surface area contributed by atoms with Crippen molar-refractivity contribution >= 4 is 6.29 Å². The number of ether oxygens (including phenoxy) is 1. The number of phenolic OH excluding ortho intramolecular Hbond substituents is 1. The molecule has 0 saturated carbocycles. The molecule has 0 unspecified atom stereocenters. The predicted octanol–water partition coefficient (Wildman–Crippen LogP) is 4.86. The standard InChI is InChI=1S/C20H24O3/c1-4-20(3,5-2)17-8-6-7-16(11-17)14-23-19-10-9-15(13-21)12-18(19)22/h6-13,22H,4-5,14H2,1-3H3. The van der Waals surface area contributed by atoms with Crippen molar-refractivity contribution < 1.29 is 14.6 Å². The molecule has 0 aliphatic rings. The summed E-state index contributed by atoms with van der Waals surface area (Å²) in [6, 6.07) is 13.1. The number of carbonyl (C=O) groups is 1. The van der Waals surface area contributed by atoms with Gasteiger partial charge in [0.25, 0.3) is 0 Å². The highest BCUT2D eigenvalue weighted by atomic mass is 16.5. The minimum absolute atomic E-state index is 0.0160. The highest BCUT2D eigenvalue weighted by Gasteiger charge is 2.22. The fourth-order valence-electron chi connectivity index (χ4n) is 2.59. The van der Waals surface area contributed by atoms with Gasteiger partial charge in [-0.15, -0.1) is 0 Å². The number of aromatic hydroxyl groups is 1. The van der Waals surface area contributed by atoms with Crippen molar-refractivity contribution in [2.75, 3.05) is 0 Å². The van der Waals surface area contributed by atoms with Crippen LogP contribution in [0.1, 0.15) is 55.1 Å². The number of phenols is 1. The molecule has 0 aromatic heterocycles. The van der Waals surface area contributed by atoms with Crippen molar-refractivity contribution in [3.05, 3.63) is 59.2 Å². The molecule has 23 heavy (non-hydrogen) atoms. The van der Waals surface area contributed by atoms with Gasteiger partial charge < -0.3 is 9.84 Å². The molecule has 0 aliphatic carbocycles. The zero-order valence-electron chi connectivity index (χ0n) is 14.0. The van der Waals surface area contributed by atoms with Gasteiger partial charge in [-0.25, -0.2) is 0 Å². The van der Waals surface area contributed by atoms with E-state index in [2.05, 4.69) is 32.9 Å². The lowest BCUT2D eigenvalue weighted by Gasteiger charge is -2.27. The molecule has 0 fully saturated rings. The Hall–Kier alpha value is -2.29. The van der Waals surface area contributed by atoms with Gasteiger partial charge in [0.15, 0.2) is 11.5 Å². The molecule has 0 atom stereocenters. The molecule has 0 heterocycles. The third-order valence-electron chi connectivity index (χ3n) is 4.70. The number of aldehydes is 1. The van der Waals surface area contributed by atoms with Crippen LogP contribution in [0.4, 0.5) is 0 Å². The van der Waals surface area contributed by atoms with Gasteiger partial charge in [-0.1, -0.05) is 45.0 Å². The summed E-state index contributed by atoms with van der Waals surface area (Å²) >= 11 is 0. The highest BCUT2D eigenvalue weighted by Crippen LogP contribution is 2.32. The van der Waals surface area contributed by atoms with Crippen molar-refractivity contribution in [1.82, 2.24) is 0 Å². The number of hydrogen-bond acceptors (Lipinski definition) is 3.